The highest BCUT2D eigenvalue weighted by molar-refractivity contribution is 6.69. The number of ether oxygens (including phenoxy) is 1. The van der Waals surface area contributed by atoms with E-state index in [1.165, 1.54) is 51.4 Å². The molecule has 0 atom stereocenters. The molecule has 0 amide bonds. The molecular formula is C15H34O2Si. The summed E-state index contributed by atoms with van der Waals surface area (Å²) in [4.78, 5) is 0. The fourth-order valence-electron chi connectivity index (χ4n) is 1.85. The van der Waals surface area contributed by atoms with Gasteiger partial charge in [0.2, 0.25) is 0 Å². The summed E-state index contributed by atoms with van der Waals surface area (Å²) in [5.41, 5.74) is 0. The molecule has 0 unspecified atom stereocenters. The Morgan fingerprint density at radius 1 is 0.667 bits per heavy atom. The average molecular weight is 275 g/mol. The van der Waals surface area contributed by atoms with Gasteiger partial charge in [-0.3, -0.25) is 0 Å². The van der Waals surface area contributed by atoms with Crippen molar-refractivity contribution in [2.24, 2.45) is 0 Å². The van der Waals surface area contributed by atoms with Crippen LogP contribution in [-0.4, -0.2) is 28.1 Å². The maximum atomic E-state index is 5.73. The van der Waals surface area contributed by atoms with E-state index < -0.39 is 8.32 Å². The SMILES string of the molecule is CCCCCCCCCCOCCO[Si](C)(C)C. The first-order valence-corrected chi connectivity index (χ1v) is 11.2. The van der Waals surface area contributed by atoms with Crippen molar-refractivity contribution >= 4 is 8.32 Å². The zero-order valence-electron chi connectivity index (χ0n) is 13.1. The summed E-state index contributed by atoms with van der Waals surface area (Å²) in [5, 5.41) is 0. The van der Waals surface area contributed by atoms with Gasteiger partial charge in [0.05, 0.1) is 13.2 Å². The van der Waals surface area contributed by atoms with Crippen LogP contribution in [0.1, 0.15) is 58.3 Å². The third-order valence-electron chi connectivity index (χ3n) is 2.90. The molecule has 0 aromatic carbocycles. The Morgan fingerprint density at radius 3 is 1.78 bits per heavy atom. The Hall–Kier alpha value is 0.137. The smallest absolute Gasteiger partial charge is 0.183 e. The van der Waals surface area contributed by atoms with Gasteiger partial charge in [0.25, 0.3) is 0 Å². The molecule has 18 heavy (non-hydrogen) atoms. The molecule has 0 heterocycles. The van der Waals surface area contributed by atoms with Crippen LogP contribution in [0.2, 0.25) is 19.6 Å². The topological polar surface area (TPSA) is 18.5 Å². The molecule has 0 spiro atoms. The molecule has 2 nitrogen and oxygen atoms in total. The lowest BCUT2D eigenvalue weighted by Gasteiger charge is -2.16. The van der Waals surface area contributed by atoms with Gasteiger partial charge < -0.3 is 9.16 Å². The van der Waals surface area contributed by atoms with Crippen molar-refractivity contribution in [2.75, 3.05) is 19.8 Å². The van der Waals surface area contributed by atoms with Crippen molar-refractivity contribution in [3.8, 4) is 0 Å². The molecule has 0 aromatic heterocycles. The second-order valence-electron chi connectivity index (χ2n) is 6.05. The molecule has 0 N–H and O–H groups in total. The van der Waals surface area contributed by atoms with E-state index in [4.69, 9.17) is 9.16 Å². The highest BCUT2D eigenvalue weighted by atomic mass is 28.4. The number of rotatable bonds is 13. The van der Waals surface area contributed by atoms with E-state index in [-0.39, 0.29) is 0 Å². The molecule has 0 saturated carbocycles. The molecule has 0 bridgehead atoms. The van der Waals surface area contributed by atoms with Crippen molar-refractivity contribution in [2.45, 2.75) is 77.9 Å². The third-order valence-corrected chi connectivity index (χ3v) is 3.98. The van der Waals surface area contributed by atoms with Gasteiger partial charge in [-0.1, -0.05) is 51.9 Å². The van der Waals surface area contributed by atoms with Crippen molar-refractivity contribution in [3.05, 3.63) is 0 Å². The van der Waals surface area contributed by atoms with Crippen LogP contribution in [0.15, 0.2) is 0 Å². The van der Waals surface area contributed by atoms with Crippen molar-refractivity contribution in [3.63, 3.8) is 0 Å². The Balaban J connectivity index is 2.99. The molecule has 0 fully saturated rings. The molecule has 0 saturated heterocycles. The highest BCUT2D eigenvalue weighted by Crippen LogP contribution is 2.08. The van der Waals surface area contributed by atoms with Crippen LogP contribution >= 0.6 is 0 Å². The zero-order valence-corrected chi connectivity index (χ0v) is 14.1. The maximum Gasteiger partial charge on any atom is 0.183 e. The molecular weight excluding hydrogens is 240 g/mol. The molecule has 0 aliphatic carbocycles. The van der Waals surface area contributed by atoms with Gasteiger partial charge in [-0.15, -0.1) is 0 Å². The van der Waals surface area contributed by atoms with Crippen molar-refractivity contribution in [1.82, 2.24) is 0 Å². The zero-order chi connectivity index (χ0) is 13.7. The fourth-order valence-corrected chi connectivity index (χ4v) is 2.54. The van der Waals surface area contributed by atoms with Gasteiger partial charge in [-0.2, -0.15) is 0 Å². The third kappa shape index (κ3) is 16.1. The van der Waals surface area contributed by atoms with Crippen molar-refractivity contribution < 1.29 is 9.16 Å². The van der Waals surface area contributed by atoms with E-state index in [1.54, 1.807) is 0 Å². The predicted molar refractivity (Wildman–Crippen MR) is 82.7 cm³/mol. The highest BCUT2D eigenvalue weighted by Gasteiger charge is 2.12. The Labute approximate surface area is 116 Å². The average Bonchev–Trinajstić information content (AvgIpc) is 2.29. The van der Waals surface area contributed by atoms with Gasteiger partial charge >= 0.3 is 0 Å². The largest absolute Gasteiger partial charge is 0.415 e. The minimum Gasteiger partial charge on any atom is -0.415 e. The van der Waals surface area contributed by atoms with Crippen LogP contribution in [0.25, 0.3) is 0 Å². The monoisotopic (exact) mass is 274 g/mol. The van der Waals surface area contributed by atoms with E-state index in [2.05, 4.69) is 26.6 Å². The van der Waals surface area contributed by atoms with E-state index in [9.17, 15) is 0 Å². The Bertz CT molecular complexity index is 166. The Morgan fingerprint density at radius 2 is 1.22 bits per heavy atom. The number of hydrogen-bond acceptors (Lipinski definition) is 2. The first-order valence-electron chi connectivity index (χ1n) is 7.78. The second kappa shape index (κ2) is 12.2. The summed E-state index contributed by atoms with van der Waals surface area (Å²) in [6, 6.07) is 0. The standard InChI is InChI=1S/C15H34O2Si/c1-5-6-7-8-9-10-11-12-13-16-14-15-17-18(2,3)4/h5-15H2,1-4H3. The van der Waals surface area contributed by atoms with Crippen LogP contribution in [0, 0.1) is 0 Å². The first kappa shape index (κ1) is 18.1. The van der Waals surface area contributed by atoms with E-state index in [0.29, 0.717) is 0 Å². The van der Waals surface area contributed by atoms with E-state index in [1.807, 2.05) is 0 Å². The van der Waals surface area contributed by atoms with Gasteiger partial charge in [-0.05, 0) is 26.1 Å². The van der Waals surface area contributed by atoms with Crippen LogP contribution in [-0.2, 0) is 9.16 Å². The molecule has 0 aliphatic rings. The summed E-state index contributed by atoms with van der Waals surface area (Å²) in [7, 11) is -1.33. The van der Waals surface area contributed by atoms with E-state index in [0.717, 1.165) is 19.8 Å². The minimum absolute atomic E-state index is 0.765. The molecule has 0 aliphatic heterocycles. The van der Waals surface area contributed by atoms with Crippen LogP contribution in [0.4, 0.5) is 0 Å². The number of unbranched alkanes of at least 4 members (excludes halogenated alkanes) is 7. The van der Waals surface area contributed by atoms with Gasteiger partial charge in [0, 0.05) is 6.61 Å². The van der Waals surface area contributed by atoms with Gasteiger partial charge in [0.1, 0.15) is 0 Å². The molecule has 0 radical (unpaired) electrons. The lowest BCUT2D eigenvalue weighted by atomic mass is 10.1. The minimum atomic E-state index is -1.33. The maximum absolute atomic E-state index is 5.73. The van der Waals surface area contributed by atoms with E-state index >= 15 is 0 Å². The summed E-state index contributed by atoms with van der Waals surface area (Å²) >= 11 is 0. The summed E-state index contributed by atoms with van der Waals surface area (Å²) < 4.78 is 11.3. The Kier molecular flexibility index (Phi) is 12.3. The fraction of sp³-hybridized carbons (Fsp3) is 1.00. The van der Waals surface area contributed by atoms with Gasteiger partial charge in [0.15, 0.2) is 8.32 Å². The second-order valence-corrected chi connectivity index (χ2v) is 10.6. The molecule has 0 aromatic rings. The molecule has 3 heteroatoms. The lowest BCUT2D eigenvalue weighted by Crippen LogP contribution is -2.27. The molecule has 0 rings (SSSR count). The van der Waals surface area contributed by atoms with Gasteiger partial charge in [-0.25, -0.2) is 0 Å². The first-order chi connectivity index (χ1) is 8.56. The molecule has 110 valence electrons. The van der Waals surface area contributed by atoms with Crippen LogP contribution in [0.3, 0.4) is 0 Å². The summed E-state index contributed by atoms with van der Waals surface area (Å²) in [6.07, 6.45) is 10.9. The van der Waals surface area contributed by atoms with Crippen molar-refractivity contribution in [1.29, 1.82) is 0 Å². The summed E-state index contributed by atoms with van der Waals surface area (Å²) in [5.74, 6) is 0. The van der Waals surface area contributed by atoms with Crippen LogP contribution in [0.5, 0.6) is 0 Å². The van der Waals surface area contributed by atoms with Crippen LogP contribution < -0.4 is 0 Å². The quantitative estimate of drug-likeness (QED) is 0.348. The predicted octanol–water partition coefficient (Wildman–Crippen LogP) is 5.00. The normalized spacial score (nSPS) is 12.0. The number of hydrogen-bond donors (Lipinski definition) is 0. The lowest BCUT2D eigenvalue weighted by molar-refractivity contribution is 0.0949. The summed E-state index contributed by atoms with van der Waals surface area (Å²) in [6.45, 7) is 11.4.